The van der Waals surface area contributed by atoms with Crippen molar-refractivity contribution in [1.82, 2.24) is 4.72 Å². The van der Waals surface area contributed by atoms with Crippen molar-refractivity contribution < 1.29 is 13.2 Å². The van der Waals surface area contributed by atoms with Gasteiger partial charge in [0, 0.05) is 11.1 Å². The van der Waals surface area contributed by atoms with E-state index in [0.29, 0.717) is 5.02 Å². The smallest absolute Gasteiger partial charge is 0.244 e. The van der Waals surface area contributed by atoms with Crippen LogP contribution in [0.15, 0.2) is 47.4 Å². The summed E-state index contributed by atoms with van der Waals surface area (Å²) in [7, 11) is -2.34. The molecular weight excluding hydrogens is 358 g/mol. The van der Waals surface area contributed by atoms with Crippen LogP contribution < -0.4 is 9.46 Å². The van der Waals surface area contributed by atoms with Gasteiger partial charge in [-0.05, 0) is 41.7 Å². The number of ether oxygens (including phenoxy) is 1. The standard InChI is InChI=1S/C19H24ClNO3S/c1-13(14-6-8-15(9-7-14)19(2,3)4)21-25(22,23)18-12-16(20)10-11-17(18)24-5/h6-13,21H,1-5H3/t13-/m0/s1. The monoisotopic (exact) mass is 381 g/mol. The first-order chi connectivity index (χ1) is 11.5. The minimum absolute atomic E-state index is 0.0284. The van der Waals surface area contributed by atoms with E-state index in [9.17, 15) is 8.42 Å². The normalized spacial score (nSPS) is 13.5. The maximum atomic E-state index is 12.7. The fraction of sp³-hybridized carbons (Fsp3) is 0.368. The molecule has 1 atom stereocenters. The van der Waals surface area contributed by atoms with Crippen LogP contribution in [0.4, 0.5) is 0 Å². The Labute approximate surface area is 155 Å². The molecule has 1 N–H and O–H groups in total. The van der Waals surface area contributed by atoms with Crippen molar-refractivity contribution >= 4 is 21.6 Å². The fourth-order valence-electron chi connectivity index (χ4n) is 2.50. The molecule has 25 heavy (non-hydrogen) atoms. The molecule has 0 bridgehead atoms. The molecular formula is C19H24ClNO3S. The summed E-state index contributed by atoms with van der Waals surface area (Å²) in [5.41, 5.74) is 2.13. The number of hydrogen-bond acceptors (Lipinski definition) is 3. The van der Waals surface area contributed by atoms with E-state index in [0.717, 1.165) is 5.56 Å². The van der Waals surface area contributed by atoms with Gasteiger partial charge >= 0.3 is 0 Å². The molecule has 136 valence electrons. The van der Waals surface area contributed by atoms with Gasteiger partial charge in [0.2, 0.25) is 10.0 Å². The van der Waals surface area contributed by atoms with E-state index in [2.05, 4.69) is 25.5 Å². The van der Waals surface area contributed by atoms with Crippen LogP contribution in [0, 0.1) is 0 Å². The van der Waals surface area contributed by atoms with E-state index < -0.39 is 10.0 Å². The molecule has 0 aliphatic heterocycles. The van der Waals surface area contributed by atoms with Crippen LogP contribution in [-0.2, 0) is 15.4 Å². The summed E-state index contributed by atoms with van der Waals surface area (Å²) < 4.78 is 33.3. The van der Waals surface area contributed by atoms with Crippen molar-refractivity contribution in [3.63, 3.8) is 0 Å². The van der Waals surface area contributed by atoms with Crippen molar-refractivity contribution in [2.75, 3.05) is 7.11 Å². The first kappa shape index (κ1) is 19.8. The van der Waals surface area contributed by atoms with Gasteiger partial charge in [-0.3, -0.25) is 0 Å². The Balaban J connectivity index is 2.27. The third kappa shape index (κ3) is 4.75. The fourth-order valence-corrected chi connectivity index (χ4v) is 4.16. The van der Waals surface area contributed by atoms with Gasteiger partial charge in [0.1, 0.15) is 10.6 Å². The second-order valence-electron chi connectivity index (χ2n) is 7.01. The van der Waals surface area contributed by atoms with Crippen molar-refractivity contribution in [1.29, 1.82) is 0 Å². The second kappa shape index (κ2) is 7.36. The molecule has 6 heteroatoms. The Hall–Kier alpha value is -1.56. The minimum atomic E-state index is -3.77. The molecule has 0 aliphatic rings. The number of nitrogens with one attached hydrogen (secondary N) is 1. The maximum absolute atomic E-state index is 12.7. The van der Waals surface area contributed by atoms with Gasteiger partial charge in [-0.2, -0.15) is 0 Å². The minimum Gasteiger partial charge on any atom is -0.495 e. The molecule has 0 radical (unpaired) electrons. The van der Waals surface area contributed by atoms with Gasteiger partial charge in [0.15, 0.2) is 0 Å². The molecule has 0 saturated heterocycles. The lowest BCUT2D eigenvalue weighted by Gasteiger charge is -2.21. The van der Waals surface area contributed by atoms with E-state index >= 15 is 0 Å². The molecule has 0 aromatic heterocycles. The average molecular weight is 382 g/mol. The van der Waals surface area contributed by atoms with E-state index in [-0.39, 0.29) is 22.1 Å². The van der Waals surface area contributed by atoms with Gasteiger partial charge in [-0.1, -0.05) is 56.6 Å². The van der Waals surface area contributed by atoms with Crippen LogP contribution in [-0.4, -0.2) is 15.5 Å². The van der Waals surface area contributed by atoms with Crippen LogP contribution in [0.2, 0.25) is 5.02 Å². The van der Waals surface area contributed by atoms with E-state index in [1.165, 1.54) is 18.7 Å². The zero-order valence-electron chi connectivity index (χ0n) is 15.1. The summed E-state index contributed by atoms with van der Waals surface area (Å²) >= 11 is 5.95. The third-order valence-electron chi connectivity index (χ3n) is 4.02. The van der Waals surface area contributed by atoms with E-state index in [1.54, 1.807) is 19.1 Å². The second-order valence-corrected chi connectivity index (χ2v) is 9.13. The molecule has 2 rings (SSSR count). The molecule has 2 aromatic rings. The quantitative estimate of drug-likeness (QED) is 0.817. The van der Waals surface area contributed by atoms with E-state index in [4.69, 9.17) is 16.3 Å². The molecule has 0 spiro atoms. The SMILES string of the molecule is COc1ccc(Cl)cc1S(=O)(=O)N[C@@H](C)c1ccc(C(C)(C)C)cc1. The maximum Gasteiger partial charge on any atom is 0.244 e. The molecule has 0 heterocycles. The lowest BCUT2D eigenvalue weighted by atomic mass is 9.86. The van der Waals surface area contributed by atoms with E-state index in [1.807, 2.05) is 24.3 Å². The predicted molar refractivity (Wildman–Crippen MR) is 102 cm³/mol. The van der Waals surface area contributed by atoms with Gasteiger partial charge in [-0.15, -0.1) is 0 Å². The molecule has 0 amide bonds. The van der Waals surface area contributed by atoms with Crippen LogP contribution in [0.5, 0.6) is 5.75 Å². The van der Waals surface area contributed by atoms with Crippen molar-refractivity contribution in [2.24, 2.45) is 0 Å². The molecule has 0 aliphatic carbocycles. The highest BCUT2D eigenvalue weighted by Crippen LogP contribution is 2.29. The first-order valence-corrected chi connectivity index (χ1v) is 9.87. The molecule has 0 unspecified atom stereocenters. The lowest BCUT2D eigenvalue weighted by molar-refractivity contribution is 0.402. The summed E-state index contributed by atoms with van der Waals surface area (Å²) in [5, 5.41) is 0.336. The average Bonchev–Trinajstić information content (AvgIpc) is 2.53. The third-order valence-corrected chi connectivity index (χ3v) is 5.82. The summed E-state index contributed by atoms with van der Waals surface area (Å²) in [6.07, 6.45) is 0. The molecule has 4 nitrogen and oxygen atoms in total. The first-order valence-electron chi connectivity index (χ1n) is 8.01. The summed E-state index contributed by atoms with van der Waals surface area (Å²) in [6, 6.07) is 12.1. The Morgan fingerprint density at radius 2 is 1.68 bits per heavy atom. The summed E-state index contributed by atoms with van der Waals surface area (Å²) in [4.78, 5) is 0.0284. The number of halogens is 1. The lowest BCUT2D eigenvalue weighted by Crippen LogP contribution is -2.27. The molecule has 0 fully saturated rings. The van der Waals surface area contributed by atoms with Crippen molar-refractivity contribution in [2.45, 2.75) is 44.0 Å². The topological polar surface area (TPSA) is 55.4 Å². The zero-order chi connectivity index (χ0) is 18.8. The van der Waals surface area contributed by atoms with Gasteiger partial charge in [0.05, 0.1) is 7.11 Å². The van der Waals surface area contributed by atoms with Crippen molar-refractivity contribution in [3.8, 4) is 5.75 Å². The highest BCUT2D eigenvalue weighted by Gasteiger charge is 2.23. The Kier molecular flexibility index (Phi) is 5.82. The number of benzene rings is 2. The van der Waals surface area contributed by atoms with Gasteiger partial charge in [0.25, 0.3) is 0 Å². The number of hydrogen-bond donors (Lipinski definition) is 1. The highest BCUT2D eigenvalue weighted by molar-refractivity contribution is 7.89. The van der Waals surface area contributed by atoms with Crippen LogP contribution in [0.1, 0.15) is 44.9 Å². The number of methoxy groups -OCH3 is 1. The Bertz CT molecular complexity index is 840. The summed E-state index contributed by atoms with van der Waals surface area (Å²) in [6.45, 7) is 8.22. The Morgan fingerprint density at radius 1 is 1.08 bits per heavy atom. The number of rotatable bonds is 5. The van der Waals surface area contributed by atoms with Crippen LogP contribution in [0.3, 0.4) is 0 Å². The largest absolute Gasteiger partial charge is 0.495 e. The van der Waals surface area contributed by atoms with Crippen LogP contribution in [0.25, 0.3) is 0 Å². The van der Waals surface area contributed by atoms with Gasteiger partial charge in [-0.25, -0.2) is 13.1 Å². The highest BCUT2D eigenvalue weighted by atomic mass is 35.5. The molecule has 0 saturated carbocycles. The van der Waals surface area contributed by atoms with Crippen LogP contribution >= 0.6 is 11.6 Å². The van der Waals surface area contributed by atoms with Crippen molar-refractivity contribution in [3.05, 3.63) is 58.6 Å². The predicted octanol–water partition coefficient (Wildman–Crippen LogP) is 4.69. The number of sulfonamides is 1. The summed E-state index contributed by atoms with van der Waals surface area (Å²) in [5.74, 6) is 0.257. The Morgan fingerprint density at radius 3 is 2.20 bits per heavy atom. The molecule has 2 aromatic carbocycles. The van der Waals surface area contributed by atoms with Gasteiger partial charge < -0.3 is 4.74 Å². The zero-order valence-corrected chi connectivity index (χ0v) is 16.7.